The van der Waals surface area contributed by atoms with Crippen LogP contribution < -0.4 is 5.32 Å². The number of nitrogens with one attached hydrogen (secondary N) is 1. The molecule has 1 saturated heterocycles. The van der Waals surface area contributed by atoms with E-state index in [1.807, 2.05) is 17.0 Å². The lowest BCUT2D eigenvalue weighted by molar-refractivity contribution is 0.0664. The number of carbonyl (C=O) groups is 1. The first-order valence-electron chi connectivity index (χ1n) is 6.89. The molecule has 0 aromatic carbocycles. The number of hydrogen-bond acceptors (Lipinski definition) is 4. The molecule has 1 aromatic rings. The number of rotatable bonds is 4. The summed E-state index contributed by atoms with van der Waals surface area (Å²) in [5.74, 6) is 0.785. The Morgan fingerprint density at radius 1 is 1.37 bits per heavy atom. The number of hydrogen-bond donors (Lipinski definition) is 1. The van der Waals surface area contributed by atoms with Gasteiger partial charge in [-0.15, -0.1) is 0 Å². The molecule has 19 heavy (non-hydrogen) atoms. The van der Waals surface area contributed by atoms with Crippen molar-refractivity contribution in [1.82, 2.24) is 14.8 Å². The van der Waals surface area contributed by atoms with E-state index in [0.29, 0.717) is 11.4 Å². The largest absolute Gasteiger partial charge is 0.369 e. The molecule has 5 heteroatoms. The monoisotopic (exact) mass is 262 g/mol. The van der Waals surface area contributed by atoms with Crippen molar-refractivity contribution in [2.24, 2.45) is 0 Å². The molecule has 0 bridgehead atoms. The predicted molar refractivity (Wildman–Crippen MR) is 76.4 cm³/mol. The average molecular weight is 262 g/mol. The molecule has 0 atom stereocenters. The summed E-state index contributed by atoms with van der Waals surface area (Å²) < 4.78 is 0. The number of amides is 1. The Hall–Kier alpha value is -1.62. The predicted octanol–water partition coefficient (Wildman–Crippen LogP) is 1.29. The molecule has 1 aromatic heterocycles. The van der Waals surface area contributed by atoms with E-state index in [2.05, 4.69) is 29.2 Å². The van der Waals surface area contributed by atoms with Gasteiger partial charge >= 0.3 is 0 Å². The van der Waals surface area contributed by atoms with Gasteiger partial charge in [0.1, 0.15) is 5.82 Å². The van der Waals surface area contributed by atoms with Gasteiger partial charge in [0, 0.05) is 38.9 Å². The summed E-state index contributed by atoms with van der Waals surface area (Å²) in [6.45, 7) is 6.38. The van der Waals surface area contributed by atoms with Crippen LogP contribution in [0.4, 0.5) is 5.82 Å². The van der Waals surface area contributed by atoms with Gasteiger partial charge in [0.05, 0.1) is 5.56 Å². The third-order valence-corrected chi connectivity index (χ3v) is 3.37. The van der Waals surface area contributed by atoms with Gasteiger partial charge in [0.15, 0.2) is 0 Å². The van der Waals surface area contributed by atoms with Gasteiger partial charge in [0.2, 0.25) is 0 Å². The van der Waals surface area contributed by atoms with Gasteiger partial charge in [-0.3, -0.25) is 4.79 Å². The summed E-state index contributed by atoms with van der Waals surface area (Å²) in [6, 6.07) is 3.67. The topological polar surface area (TPSA) is 48.5 Å². The van der Waals surface area contributed by atoms with Crippen LogP contribution in [0.25, 0.3) is 0 Å². The van der Waals surface area contributed by atoms with Gasteiger partial charge < -0.3 is 15.1 Å². The number of pyridine rings is 1. The molecule has 2 rings (SSSR count). The third kappa shape index (κ3) is 3.44. The number of nitrogens with zero attached hydrogens (tertiary/aromatic N) is 3. The van der Waals surface area contributed by atoms with Gasteiger partial charge in [-0.05, 0) is 25.6 Å². The summed E-state index contributed by atoms with van der Waals surface area (Å²) in [5.41, 5.74) is 0.681. The van der Waals surface area contributed by atoms with Crippen LogP contribution in [0, 0.1) is 0 Å². The van der Waals surface area contributed by atoms with Crippen molar-refractivity contribution >= 4 is 11.7 Å². The lowest BCUT2D eigenvalue weighted by Gasteiger charge is -2.32. The molecule has 104 valence electrons. The van der Waals surface area contributed by atoms with E-state index >= 15 is 0 Å². The van der Waals surface area contributed by atoms with E-state index in [-0.39, 0.29) is 5.91 Å². The Morgan fingerprint density at radius 2 is 2.11 bits per heavy atom. The summed E-state index contributed by atoms with van der Waals surface area (Å²) >= 11 is 0. The fraction of sp³-hybridized carbons (Fsp3) is 0.571. The van der Waals surface area contributed by atoms with E-state index in [1.54, 1.807) is 6.20 Å². The molecule has 1 aliphatic rings. The highest BCUT2D eigenvalue weighted by atomic mass is 16.2. The Kier molecular flexibility index (Phi) is 4.74. The minimum absolute atomic E-state index is 0.0832. The normalized spacial score (nSPS) is 16.4. The fourth-order valence-electron chi connectivity index (χ4n) is 2.14. The first kappa shape index (κ1) is 13.8. The van der Waals surface area contributed by atoms with Gasteiger partial charge in [-0.1, -0.05) is 6.92 Å². The first-order valence-corrected chi connectivity index (χ1v) is 6.89. The number of likely N-dealkylation sites (N-methyl/N-ethyl adjacent to an activating group) is 1. The Balaban J connectivity index is 2.09. The molecule has 5 nitrogen and oxygen atoms in total. The van der Waals surface area contributed by atoms with Gasteiger partial charge in [-0.2, -0.15) is 0 Å². The quantitative estimate of drug-likeness (QED) is 0.888. The maximum absolute atomic E-state index is 12.5. The zero-order valence-corrected chi connectivity index (χ0v) is 11.7. The zero-order valence-electron chi connectivity index (χ0n) is 11.7. The SMILES string of the molecule is CCCNc1ncccc1C(=O)N1CCN(C)CC1. The molecule has 1 amide bonds. The molecule has 2 heterocycles. The molecule has 0 saturated carbocycles. The number of carbonyl (C=O) groups excluding carboxylic acids is 1. The lowest BCUT2D eigenvalue weighted by Crippen LogP contribution is -2.47. The first-order chi connectivity index (χ1) is 9.22. The number of aromatic nitrogens is 1. The van der Waals surface area contributed by atoms with E-state index in [0.717, 1.165) is 39.1 Å². The second kappa shape index (κ2) is 6.52. The average Bonchev–Trinajstić information content (AvgIpc) is 2.45. The Bertz CT molecular complexity index is 427. The minimum atomic E-state index is 0.0832. The van der Waals surface area contributed by atoms with E-state index in [1.165, 1.54) is 0 Å². The highest BCUT2D eigenvalue weighted by Gasteiger charge is 2.22. The van der Waals surface area contributed by atoms with Crippen molar-refractivity contribution in [3.05, 3.63) is 23.9 Å². The highest BCUT2D eigenvalue weighted by molar-refractivity contribution is 5.98. The van der Waals surface area contributed by atoms with Crippen molar-refractivity contribution < 1.29 is 4.79 Å². The molecular weight excluding hydrogens is 240 g/mol. The van der Waals surface area contributed by atoms with Crippen LogP contribution in [-0.2, 0) is 0 Å². The molecule has 0 radical (unpaired) electrons. The molecule has 1 aliphatic heterocycles. The van der Waals surface area contributed by atoms with Crippen molar-refractivity contribution in [3.8, 4) is 0 Å². The maximum Gasteiger partial charge on any atom is 0.257 e. The summed E-state index contributed by atoms with van der Waals surface area (Å²) in [6.07, 6.45) is 2.73. The molecular formula is C14H22N4O. The lowest BCUT2D eigenvalue weighted by atomic mass is 10.2. The second-order valence-corrected chi connectivity index (χ2v) is 4.92. The van der Waals surface area contributed by atoms with Gasteiger partial charge in [0.25, 0.3) is 5.91 Å². The summed E-state index contributed by atoms with van der Waals surface area (Å²) in [7, 11) is 2.08. The summed E-state index contributed by atoms with van der Waals surface area (Å²) in [4.78, 5) is 20.9. The third-order valence-electron chi connectivity index (χ3n) is 3.37. The van der Waals surface area contributed by atoms with Crippen LogP contribution in [0.3, 0.4) is 0 Å². The standard InChI is InChI=1S/C14H22N4O/c1-3-6-15-13-12(5-4-7-16-13)14(19)18-10-8-17(2)9-11-18/h4-5,7H,3,6,8-11H2,1-2H3,(H,15,16). The molecule has 0 aliphatic carbocycles. The fourth-order valence-corrected chi connectivity index (χ4v) is 2.14. The minimum Gasteiger partial charge on any atom is -0.369 e. The van der Waals surface area contributed by atoms with Crippen molar-refractivity contribution in [2.75, 3.05) is 45.1 Å². The second-order valence-electron chi connectivity index (χ2n) is 4.92. The van der Waals surface area contributed by atoms with E-state index in [9.17, 15) is 4.79 Å². The van der Waals surface area contributed by atoms with Crippen LogP contribution in [0.15, 0.2) is 18.3 Å². The van der Waals surface area contributed by atoms with E-state index < -0.39 is 0 Å². The van der Waals surface area contributed by atoms with Gasteiger partial charge in [-0.25, -0.2) is 4.98 Å². The number of piperazine rings is 1. The Labute approximate surface area is 114 Å². The van der Waals surface area contributed by atoms with Crippen molar-refractivity contribution in [1.29, 1.82) is 0 Å². The summed E-state index contributed by atoms with van der Waals surface area (Å²) in [5, 5.41) is 3.22. The molecule has 0 unspecified atom stereocenters. The van der Waals surface area contributed by atoms with Crippen molar-refractivity contribution in [3.63, 3.8) is 0 Å². The van der Waals surface area contributed by atoms with Crippen LogP contribution in [0.2, 0.25) is 0 Å². The van der Waals surface area contributed by atoms with Crippen molar-refractivity contribution in [2.45, 2.75) is 13.3 Å². The molecule has 0 spiro atoms. The number of anilines is 1. The van der Waals surface area contributed by atoms with E-state index in [4.69, 9.17) is 0 Å². The molecule has 1 N–H and O–H groups in total. The highest BCUT2D eigenvalue weighted by Crippen LogP contribution is 2.15. The Morgan fingerprint density at radius 3 is 2.79 bits per heavy atom. The maximum atomic E-state index is 12.5. The van der Waals surface area contributed by atoms with Crippen LogP contribution in [-0.4, -0.2) is 60.5 Å². The van der Waals surface area contributed by atoms with Crippen LogP contribution >= 0.6 is 0 Å². The zero-order chi connectivity index (χ0) is 13.7. The van der Waals surface area contributed by atoms with Crippen LogP contribution in [0.5, 0.6) is 0 Å². The van der Waals surface area contributed by atoms with Crippen LogP contribution in [0.1, 0.15) is 23.7 Å². The smallest absolute Gasteiger partial charge is 0.257 e. The molecule has 1 fully saturated rings.